The smallest absolute Gasteiger partial charge is 0.387 e. The lowest BCUT2D eigenvalue weighted by Crippen LogP contribution is -2.09. The molecule has 0 bridgehead atoms. The van der Waals surface area contributed by atoms with E-state index in [1.165, 1.54) is 6.07 Å². The number of aliphatic carboxylic acids is 1. The highest BCUT2D eigenvalue weighted by Gasteiger charge is 2.60. The van der Waals surface area contributed by atoms with E-state index >= 15 is 0 Å². The van der Waals surface area contributed by atoms with Crippen LogP contribution in [0, 0.1) is 17.8 Å². The molecular formula is C28H24F2N4O4. The zero-order valence-electron chi connectivity index (χ0n) is 20.1. The largest absolute Gasteiger partial charge is 0.481 e. The molecule has 10 heteroatoms. The third-order valence-electron chi connectivity index (χ3n) is 8.40. The van der Waals surface area contributed by atoms with Gasteiger partial charge in [-0.05, 0) is 49.3 Å². The number of aromatic nitrogens is 4. The summed E-state index contributed by atoms with van der Waals surface area (Å²) in [5, 5.41) is 20.0. The third kappa shape index (κ3) is 3.65. The van der Waals surface area contributed by atoms with Gasteiger partial charge in [-0.2, -0.15) is 8.78 Å². The molecule has 3 aromatic heterocycles. The van der Waals surface area contributed by atoms with Gasteiger partial charge in [0.15, 0.2) is 0 Å². The van der Waals surface area contributed by atoms with Crippen LogP contribution in [0.5, 0.6) is 5.75 Å². The molecule has 7 rings (SSSR count). The number of fused-ring (bicyclic) bond motifs is 4. The van der Waals surface area contributed by atoms with Crippen LogP contribution in [0.25, 0.3) is 16.8 Å². The van der Waals surface area contributed by atoms with Gasteiger partial charge in [-0.1, -0.05) is 18.2 Å². The van der Waals surface area contributed by atoms with Gasteiger partial charge >= 0.3 is 12.6 Å². The first-order valence-electron chi connectivity index (χ1n) is 12.7. The topological polar surface area (TPSA) is 110 Å². The number of alkyl halides is 2. The van der Waals surface area contributed by atoms with E-state index in [-0.39, 0.29) is 35.3 Å². The molecule has 2 saturated carbocycles. The minimum absolute atomic E-state index is 0.0851. The summed E-state index contributed by atoms with van der Waals surface area (Å²) in [6.07, 6.45) is 6.58. The van der Waals surface area contributed by atoms with Crippen molar-refractivity contribution < 1.29 is 28.5 Å². The number of para-hydroxylation sites is 1. The number of carboxylic acids is 1. The second kappa shape index (κ2) is 8.56. The lowest BCUT2D eigenvalue weighted by atomic mass is 9.95. The van der Waals surface area contributed by atoms with Gasteiger partial charge in [-0.3, -0.25) is 4.79 Å². The molecule has 0 spiro atoms. The molecule has 0 amide bonds. The summed E-state index contributed by atoms with van der Waals surface area (Å²) in [4.78, 5) is 25.1. The molecule has 1 unspecified atom stereocenters. The van der Waals surface area contributed by atoms with Gasteiger partial charge in [0.05, 0.1) is 23.4 Å². The lowest BCUT2D eigenvalue weighted by Gasteiger charge is -2.17. The highest BCUT2D eigenvalue weighted by Crippen LogP contribution is 2.61. The van der Waals surface area contributed by atoms with Crippen molar-refractivity contribution in [1.29, 1.82) is 0 Å². The average molecular weight is 519 g/mol. The molecule has 0 aliphatic heterocycles. The lowest BCUT2D eigenvalue weighted by molar-refractivity contribution is -0.139. The van der Waals surface area contributed by atoms with E-state index < -0.39 is 18.7 Å². The van der Waals surface area contributed by atoms with E-state index in [1.807, 2.05) is 22.7 Å². The Morgan fingerprint density at radius 1 is 1.03 bits per heavy atom. The number of carbonyl (C=O) groups is 1. The van der Waals surface area contributed by atoms with Crippen molar-refractivity contribution in [2.75, 3.05) is 0 Å². The van der Waals surface area contributed by atoms with Crippen LogP contribution < -0.4 is 4.74 Å². The summed E-state index contributed by atoms with van der Waals surface area (Å²) in [6.45, 7) is -2.95. The number of pyridine rings is 1. The number of halogens is 2. The fraction of sp³-hybridized carbons (Fsp3) is 0.357. The van der Waals surface area contributed by atoms with Crippen LogP contribution in [-0.2, 0) is 4.79 Å². The van der Waals surface area contributed by atoms with Crippen LogP contribution in [0.4, 0.5) is 8.78 Å². The van der Waals surface area contributed by atoms with Crippen LogP contribution in [0.3, 0.4) is 0 Å². The van der Waals surface area contributed by atoms with E-state index in [1.54, 1.807) is 30.6 Å². The van der Waals surface area contributed by atoms with Gasteiger partial charge in [0.1, 0.15) is 17.2 Å². The van der Waals surface area contributed by atoms with Crippen molar-refractivity contribution in [2.45, 2.75) is 43.8 Å². The molecule has 2 fully saturated rings. The van der Waals surface area contributed by atoms with Crippen LogP contribution in [0.15, 0.2) is 55.0 Å². The van der Waals surface area contributed by atoms with Crippen LogP contribution in [-0.4, -0.2) is 42.1 Å². The molecule has 4 aromatic rings. The van der Waals surface area contributed by atoms with Gasteiger partial charge < -0.3 is 19.4 Å². The maximum absolute atomic E-state index is 13.1. The van der Waals surface area contributed by atoms with E-state index in [0.717, 1.165) is 35.5 Å². The van der Waals surface area contributed by atoms with E-state index in [9.17, 15) is 23.8 Å². The molecule has 2 N–H and O–H groups in total. The van der Waals surface area contributed by atoms with Gasteiger partial charge in [0, 0.05) is 47.1 Å². The van der Waals surface area contributed by atoms with Crippen molar-refractivity contribution in [3.63, 3.8) is 0 Å². The maximum Gasteiger partial charge on any atom is 0.387 e. The number of rotatable bonds is 6. The van der Waals surface area contributed by atoms with Crippen molar-refractivity contribution in [3.05, 3.63) is 77.8 Å². The second-order valence-corrected chi connectivity index (χ2v) is 10.4. The van der Waals surface area contributed by atoms with Gasteiger partial charge in [-0.25, -0.2) is 15.0 Å². The van der Waals surface area contributed by atoms with Gasteiger partial charge in [0.25, 0.3) is 0 Å². The first-order valence-corrected chi connectivity index (χ1v) is 12.7. The predicted molar refractivity (Wildman–Crippen MR) is 131 cm³/mol. The first-order chi connectivity index (χ1) is 18.4. The summed E-state index contributed by atoms with van der Waals surface area (Å²) in [7, 11) is 0. The Hall–Kier alpha value is -3.92. The predicted octanol–water partition coefficient (Wildman–Crippen LogP) is 4.79. The Morgan fingerprint density at radius 2 is 1.76 bits per heavy atom. The van der Waals surface area contributed by atoms with Crippen molar-refractivity contribution in [3.8, 4) is 16.9 Å². The highest BCUT2D eigenvalue weighted by atomic mass is 19.3. The maximum atomic E-state index is 13.1. The fourth-order valence-corrected chi connectivity index (χ4v) is 6.65. The molecule has 194 valence electrons. The van der Waals surface area contributed by atoms with Crippen molar-refractivity contribution >= 4 is 11.6 Å². The number of ether oxygens (including phenoxy) is 1. The number of carboxylic acid groups (broad SMARTS) is 1. The summed E-state index contributed by atoms with van der Waals surface area (Å²) < 4.78 is 32.8. The highest BCUT2D eigenvalue weighted by molar-refractivity contribution is 5.74. The SMILES string of the molecule is O=C(O)[C@@H]1[C@@H]2CC(c3ncc(-c4ccc5nc6c(n5c4)[C@@H](c4ccccc4OC(F)F)C[C@H]6O)cn3)C[C@@H]21. The number of hydrogen-bond acceptors (Lipinski definition) is 6. The molecule has 6 atom stereocenters. The van der Waals surface area contributed by atoms with Crippen LogP contribution in [0.2, 0.25) is 0 Å². The molecule has 38 heavy (non-hydrogen) atoms. The fourth-order valence-electron chi connectivity index (χ4n) is 6.65. The summed E-state index contributed by atoms with van der Waals surface area (Å²) in [6, 6.07) is 10.4. The first kappa shape index (κ1) is 23.2. The summed E-state index contributed by atoms with van der Waals surface area (Å²) in [5.41, 5.74) is 4.15. The molecule has 8 nitrogen and oxygen atoms in total. The van der Waals surface area contributed by atoms with Crippen LogP contribution in [0.1, 0.15) is 60.0 Å². The molecular weight excluding hydrogens is 494 g/mol. The third-order valence-corrected chi connectivity index (χ3v) is 8.40. The zero-order valence-corrected chi connectivity index (χ0v) is 20.1. The van der Waals surface area contributed by atoms with Gasteiger partial charge in [-0.15, -0.1) is 0 Å². The van der Waals surface area contributed by atoms with Crippen molar-refractivity contribution in [1.82, 2.24) is 19.4 Å². The number of aliphatic hydroxyl groups is 1. The second-order valence-electron chi connectivity index (χ2n) is 10.4. The number of aliphatic hydroxyl groups excluding tert-OH is 1. The van der Waals surface area contributed by atoms with E-state index in [2.05, 4.69) is 15.0 Å². The monoisotopic (exact) mass is 518 g/mol. The minimum atomic E-state index is -2.95. The Labute approximate surface area is 216 Å². The molecule has 0 radical (unpaired) electrons. The van der Waals surface area contributed by atoms with E-state index in [0.29, 0.717) is 23.3 Å². The number of nitrogens with zero attached hydrogens (tertiary/aromatic N) is 4. The number of imidazole rings is 1. The minimum Gasteiger partial charge on any atom is -0.481 e. The van der Waals surface area contributed by atoms with Crippen LogP contribution >= 0.6 is 0 Å². The molecule has 3 heterocycles. The Kier molecular flexibility index (Phi) is 5.23. The summed E-state index contributed by atoms with van der Waals surface area (Å²) >= 11 is 0. The standard InChI is InChI=1S/C28H24F2N4O4/c29-28(30)38-21-4-2-1-3-16(21)19-9-20(35)24-25(19)34-12-13(5-6-22(34)33-24)15-10-31-26(32-11-15)14-7-17-18(8-14)23(17)27(36)37/h1-6,10-12,14,17-20,23,28,35H,7-9H2,(H,36,37)/t14?,17-,18+,19-,20-,23-/m1/s1. The Bertz CT molecular complexity index is 1540. The molecule has 0 saturated heterocycles. The Morgan fingerprint density at radius 3 is 2.47 bits per heavy atom. The van der Waals surface area contributed by atoms with Crippen molar-refractivity contribution in [2.24, 2.45) is 17.8 Å². The van der Waals surface area contributed by atoms with E-state index in [4.69, 9.17) is 4.74 Å². The molecule has 3 aliphatic rings. The normalized spacial score (nSPS) is 27.5. The molecule has 3 aliphatic carbocycles. The Balaban J connectivity index is 1.20. The number of benzene rings is 1. The van der Waals surface area contributed by atoms with Gasteiger partial charge in [0.2, 0.25) is 0 Å². The summed E-state index contributed by atoms with van der Waals surface area (Å²) in [5.74, 6) is 0.225. The molecule has 1 aromatic carbocycles. The number of hydrogen-bond donors (Lipinski definition) is 2. The quantitative estimate of drug-likeness (QED) is 0.378. The average Bonchev–Trinajstić information content (AvgIpc) is 3.19. The zero-order chi connectivity index (χ0) is 26.1.